The molecule has 0 aliphatic rings. The molecule has 2 amide bonds. The molecule has 0 aliphatic carbocycles. The number of carbonyl (C=O) groups is 2. The minimum Gasteiger partial charge on any atom is -0.343 e. The molecule has 8 heteroatoms. The van der Waals surface area contributed by atoms with Crippen LogP contribution in [0.25, 0.3) is 0 Å². The van der Waals surface area contributed by atoms with E-state index in [1.54, 1.807) is 31.3 Å². The van der Waals surface area contributed by atoms with Gasteiger partial charge in [-0.3, -0.25) is 14.3 Å². The molecule has 1 aromatic carbocycles. The van der Waals surface area contributed by atoms with Gasteiger partial charge in [0.2, 0.25) is 5.91 Å². The number of carbonyl (C=O) groups excluding carboxylic acids is 2. The standard InChI is InChI=1S/C14H12ClN5O2/c1-20-13(10(6-16)7-18-20)19-12(21)8-17-14(22)9-2-4-11(15)5-3-9/h2-5,7H,8H2,1H3,(H,17,22)(H,19,21). The van der Waals surface area contributed by atoms with Gasteiger partial charge < -0.3 is 10.6 Å². The zero-order chi connectivity index (χ0) is 16.1. The van der Waals surface area contributed by atoms with E-state index in [4.69, 9.17) is 16.9 Å². The lowest BCUT2D eigenvalue weighted by molar-refractivity contribution is -0.115. The van der Waals surface area contributed by atoms with Crippen LogP contribution in [-0.2, 0) is 11.8 Å². The van der Waals surface area contributed by atoms with E-state index < -0.39 is 11.8 Å². The smallest absolute Gasteiger partial charge is 0.251 e. The Bertz CT molecular complexity index is 746. The predicted molar refractivity (Wildman–Crippen MR) is 80.3 cm³/mol. The number of anilines is 1. The maximum atomic E-state index is 11.8. The van der Waals surface area contributed by atoms with Crippen LogP contribution >= 0.6 is 11.6 Å². The Labute approximate surface area is 131 Å². The first-order chi connectivity index (χ1) is 10.5. The van der Waals surface area contributed by atoms with Crippen molar-refractivity contribution >= 4 is 29.2 Å². The van der Waals surface area contributed by atoms with E-state index in [9.17, 15) is 9.59 Å². The highest BCUT2D eigenvalue weighted by Crippen LogP contribution is 2.12. The second-order valence-electron chi connectivity index (χ2n) is 4.38. The molecule has 1 heterocycles. The van der Waals surface area contributed by atoms with E-state index in [0.717, 1.165) is 0 Å². The summed E-state index contributed by atoms with van der Waals surface area (Å²) >= 11 is 5.74. The fraction of sp³-hybridized carbons (Fsp3) is 0.143. The van der Waals surface area contributed by atoms with Crippen LogP contribution in [0.3, 0.4) is 0 Å². The highest BCUT2D eigenvalue weighted by Gasteiger charge is 2.13. The van der Waals surface area contributed by atoms with Gasteiger partial charge in [0, 0.05) is 17.6 Å². The summed E-state index contributed by atoms with van der Waals surface area (Å²) in [6.45, 7) is -0.225. The number of aryl methyl sites for hydroxylation is 1. The Balaban J connectivity index is 1.93. The molecule has 0 fully saturated rings. The largest absolute Gasteiger partial charge is 0.343 e. The summed E-state index contributed by atoms with van der Waals surface area (Å²) in [6.07, 6.45) is 1.35. The van der Waals surface area contributed by atoms with Gasteiger partial charge in [0.05, 0.1) is 12.7 Å². The lowest BCUT2D eigenvalue weighted by Crippen LogP contribution is -2.33. The molecule has 0 saturated carbocycles. The lowest BCUT2D eigenvalue weighted by Gasteiger charge is -2.07. The molecule has 0 spiro atoms. The van der Waals surface area contributed by atoms with Gasteiger partial charge in [-0.1, -0.05) is 11.6 Å². The molecule has 0 saturated heterocycles. The number of nitriles is 1. The van der Waals surface area contributed by atoms with Crippen molar-refractivity contribution in [2.75, 3.05) is 11.9 Å². The third kappa shape index (κ3) is 3.62. The van der Waals surface area contributed by atoms with Crippen molar-refractivity contribution in [2.45, 2.75) is 0 Å². The molecule has 7 nitrogen and oxygen atoms in total. The van der Waals surface area contributed by atoms with Gasteiger partial charge in [0.15, 0.2) is 0 Å². The molecule has 0 atom stereocenters. The Morgan fingerprint density at radius 3 is 2.68 bits per heavy atom. The molecule has 112 valence electrons. The summed E-state index contributed by atoms with van der Waals surface area (Å²) in [7, 11) is 1.60. The molecular weight excluding hydrogens is 306 g/mol. The minimum atomic E-state index is -0.456. The van der Waals surface area contributed by atoms with Crippen molar-refractivity contribution in [1.29, 1.82) is 5.26 Å². The molecule has 22 heavy (non-hydrogen) atoms. The first kappa shape index (κ1) is 15.5. The van der Waals surface area contributed by atoms with Gasteiger partial charge in [0.1, 0.15) is 17.5 Å². The summed E-state index contributed by atoms with van der Waals surface area (Å²) < 4.78 is 1.37. The number of amides is 2. The van der Waals surface area contributed by atoms with Crippen molar-refractivity contribution in [1.82, 2.24) is 15.1 Å². The monoisotopic (exact) mass is 317 g/mol. The number of aromatic nitrogens is 2. The fourth-order valence-corrected chi connectivity index (χ4v) is 1.83. The number of nitrogens with one attached hydrogen (secondary N) is 2. The van der Waals surface area contributed by atoms with Gasteiger partial charge in [-0.15, -0.1) is 0 Å². The van der Waals surface area contributed by atoms with Crippen molar-refractivity contribution < 1.29 is 9.59 Å². The average Bonchev–Trinajstić information content (AvgIpc) is 2.86. The zero-order valence-corrected chi connectivity index (χ0v) is 12.4. The lowest BCUT2D eigenvalue weighted by atomic mass is 10.2. The van der Waals surface area contributed by atoms with Gasteiger partial charge in [-0.05, 0) is 24.3 Å². The van der Waals surface area contributed by atoms with E-state index in [0.29, 0.717) is 10.6 Å². The second-order valence-corrected chi connectivity index (χ2v) is 4.82. The number of hydrogen-bond acceptors (Lipinski definition) is 4. The van der Waals surface area contributed by atoms with Crippen molar-refractivity contribution in [3.8, 4) is 6.07 Å². The third-order valence-corrected chi connectivity index (χ3v) is 3.08. The van der Waals surface area contributed by atoms with Crippen LogP contribution in [0.4, 0.5) is 5.82 Å². The SMILES string of the molecule is Cn1ncc(C#N)c1NC(=O)CNC(=O)c1ccc(Cl)cc1. The predicted octanol–water partition coefficient (Wildman–Crippen LogP) is 1.31. The zero-order valence-electron chi connectivity index (χ0n) is 11.6. The Morgan fingerprint density at radius 1 is 1.36 bits per heavy atom. The van der Waals surface area contributed by atoms with Crippen LogP contribution in [0, 0.1) is 11.3 Å². The van der Waals surface area contributed by atoms with E-state index in [1.807, 2.05) is 6.07 Å². The molecular formula is C14H12ClN5O2. The second kappa shape index (κ2) is 6.74. The van der Waals surface area contributed by atoms with E-state index in [-0.39, 0.29) is 17.9 Å². The molecule has 2 N–H and O–H groups in total. The van der Waals surface area contributed by atoms with Crippen molar-refractivity contribution in [3.05, 3.63) is 46.6 Å². The highest BCUT2D eigenvalue weighted by molar-refractivity contribution is 6.30. The molecule has 0 aliphatic heterocycles. The quantitative estimate of drug-likeness (QED) is 0.888. The fourth-order valence-electron chi connectivity index (χ4n) is 1.71. The van der Waals surface area contributed by atoms with Gasteiger partial charge in [-0.25, -0.2) is 0 Å². The van der Waals surface area contributed by atoms with E-state index in [2.05, 4.69) is 15.7 Å². The summed E-state index contributed by atoms with van der Waals surface area (Å²) in [5.41, 5.74) is 0.648. The summed E-state index contributed by atoms with van der Waals surface area (Å²) in [4.78, 5) is 23.7. The summed E-state index contributed by atoms with van der Waals surface area (Å²) in [5, 5.41) is 18.3. The van der Waals surface area contributed by atoms with Crippen LogP contribution in [0.5, 0.6) is 0 Å². The summed E-state index contributed by atoms with van der Waals surface area (Å²) in [5.74, 6) is -0.562. The number of nitrogens with zero attached hydrogens (tertiary/aromatic N) is 3. The number of benzene rings is 1. The topological polar surface area (TPSA) is 99.8 Å². The van der Waals surface area contributed by atoms with Crippen molar-refractivity contribution in [3.63, 3.8) is 0 Å². The van der Waals surface area contributed by atoms with Crippen LogP contribution in [0.15, 0.2) is 30.5 Å². The van der Waals surface area contributed by atoms with Gasteiger partial charge in [-0.2, -0.15) is 10.4 Å². The molecule has 0 bridgehead atoms. The first-order valence-corrected chi connectivity index (χ1v) is 6.64. The molecule has 2 aromatic rings. The number of rotatable bonds is 4. The maximum Gasteiger partial charge on any atom is 0.251 e. The van der Waals surface area contributed by atoms with Crippen LogP contribution < -0.4 is 10.6 Å². The Kier molecular flexibility index (Phi) is 4.76. The van der Waals surface area contributed by atoms with Crippen molar-refractivity contribution in [2.24, 2.45) is 7.05 Å². The molecule has 0 radical (unpaired) electrons. The Morgan fingerprint density at radius 2 is 2.05 bits per heavy atom. The Hall–Kier alpha value is -2.85. The molecule has 2 rings (SSSR count). The maximum absolute atomic E-state index is 11.8. The van der Waals surface area contributed by atoms with E-state index >= 15 is 0 Å². The molecule has 1 aromatic heterocycles. The minimum absolute atomic E-state index is 0.225. The number of hydrogen-bond donors (Lipinski definition) is 2. The third-order valence-electron chi connectivity index (χ3n) is 2.83. The van der Waals surface area contributed by atoms with Crippen LogP contribution in [0.2, 0.25) is 5.02 Å². The molecule has 0 unspecified atom stereocenters. The van der Waals surface area contributed by atoms with Crippen LogP contribution in [-0.4, -0.2) is 28.1 Å². The first-order valence-electron chi connectivity index (χ1n) is 6.27. The normalized spacial score (nSPS) is 9.86. The average molecular weight is 318 g/mol. The van der Waals surface area contributed by atoms with Gasteiger partial charge >= 0.3 is 0 Å². The van der Waals surface area contributed by atoms with E-state index in [1.165, 1.54) is 10.9 Å². The number of halogens is 1. The van der Waals surface area contributed by atoms with Crippen LogP contribution in [0.1, 0.15) is 15.9 Å². The summed E-state index contributed by atoms with van der Waals surface area (Å²) in [6, 6.07) is 8.22. The van der Waals surface area contributed by atoms with Gasteiger partial charge in [0.25, 0.3) is 5.91 Å². The highest BCUT2D eigenvalue weighted by atomic mass is 35.5.